The van der Waals surface area contributed by atoms with Crippen molar-refractivity contribution in [1.82, 2.24) is 15.2 Å². The van der Waals surface area contributed by atoms with E-state index in [-0.39, 0.29) is 11.7 Å². The molecule has 0 aliphatic heterocycles. The van der Waals surface area contributed by atoms with Gasteiger partial charge in [0.05, 0.1) is 0 Å². The van der Waals surface area contributed by atoms with E-state index < -0.39 is 0 Å². The first-order valence-corrected chi connectivity index (χ1v) is 9.33. The van der Waals surface area contributed by atoms with Gasteiger partial charge in [-0.2, -0.15) is 0 Å². The lowest BCUT2D eigenvalue weighted by atomic mass is 10.2. The van der Waals surface area contributed by atoms with Crippen molar-refractivity contribution in [3.8, 4) is 10.6 Å². The van der Waals surface area contributed by atoms with E-state index in [1.165, 1.54) is 34.8 Å². The van der Waals surface area contributed by atoms with Crippen molar-refractivity contribution >= 4 is 45.5 Å². The van der Waals surface area contributed by atoms with E-state index in [1.807, 2.05) is 6.92 Å². The number of hydrogen-bond donors (Lipinski definition) is 1. The Hall–Kier alpha value is -1.84. The molecule has 0 saturated heterocycles. The molecule has 1 amide bonds. The summed E-state index contributed by atoms with van der Waals surface area (Å²) in [5.41, 5.74) is 1.07. The molecule has 0 radical (unpaired) electrons. The first-order valence-electron chi connectivity index (χ1n) is 6.65. The molecule has 0 bridgehead atoms. The average Bonchev–Trinajstić information content (AvgIpc) is 3.18. The Bertz CT molecular complexity index is 816. The van der Waals surface area contributed by atoms with Gasteiger partial charge in [-0.05, 0) is 30.0 Å². The van der Waals surface area contributed by atoms with Crippen LogP contribution in [-0.2, 0) is 0 Å². The number of rotatable bonds is 5. The van der Waals surface area contributed by atoms with Crippen LogP contribution in [0.25, 0.3) is 10.6 Å². The van der Waals surface area contributed by atoms with Gasteiger partial charge in [0.1, 0.15) is 16.5 Å². The molecule has 0 aliphatic rings. The van der Waals surface area contributed by atoms with E-state index in [0.717, 1.165) is 15.7 Å². The maximum Gasteiger partial charge on any atom is 0.276 e. The number of carbonyl (C=O) groups is 1. The molecule has 2 aromatic heterocycles. The molecule has 1 N–H and O–H groups in total. The highest BCUT2D eigenvalue weighted by molar-refractivity contribution is 8.01. The van der Waals surface area contributed by atoms with Crippen LogP contribution in [0.15, 0.2) is 34.0 Å². The van der Waals surface area contributed by atoms with Crippen molar-refractivity contribution in [2.24, 2.45) is 0 Å². The summed E-state index contributed by atoms with van der Waals surface area (Å²) in [6.45, 7) is 2.02. The van der Waals surface area contributed by atoms with Crippen LogP contribution in [0, 0.1) is 5.82 Å². The summed E-state index contributed by atoms with van der Waals surface area (Å²) in [4.78, 5) is 16.5. The molecule has 0 atom stereocenters. The summed E-state index contributed by atoms with van der Waals surface area (Å²) >= 11 is 4.23. The smallest absolute Gasteiger partial charge is 0.276 e. The van der Waals surface area contributed by atoms with Crippen LogP contribution in [0.3, 0.4) is 0 Å². The molecule has 3 aromatic rings. The fourth-order valence-electron chi connectivity index (χ4n) is 1.71. The Balaban J connectivity index is 1.71. The van der Waals surface area contributed by atoms with Gasteiger partial charge in [-0.15, -0.1) is 21.5 Å². The topological polar surface area (TPSA) is 67.8 Å². The molecule has 0 saturated carbocycles. The number of halogens is 1. The lowest BCUT2D eigenvalue weighted by Crippen LogP contribution is -2.12. The van der Waals surface area contributed by atoms with E-state index in [1.54, 1.807) is 29.3 Å². The van der Waals surface area contributed by atoms with Crippen molar-refractivity contribution in [1.29, 1.82) is 0 Å². The molecule has 5 nitrogen and oxygen atoms in total. The van der Waals surface area contributed by atoms with Crippen molar-refractivity contribution < 1.29 is 9.18 Å². The summed E-state index contributed by atoms with van der Waals surface area (Å²) in [6, 6.07) is 6.00. The van der Waals surface area contributed by atoms with Crippen LogP contribution in [0.4, 0.5) is 9.52 Å². The molecule has 3 rings (SSSR count). The van der Waals surface area contributed by atoms with E-state index >= 15 is 0 Å². The van der Waals surface area contributed by atoms with Crippen LogP contribution in [-0.4, -0.2) is 26.8 Å². The van der Waals surface area contributed by atoms with Crippen LogP contribution < -0.4 is 5.32 Å². The highest BCUT2D eigenvalue weighted by Gasteiger charge is 2.14. The second-order valence-electron chi connectivity index (χ2n) is 4.31. The van der Waals surface area contributed by atoms with Gasteiger partial charge in [0.15, 0.2) is 4.34 Å². The number of aromatic nitrogens is 3. The van der Waals surface area contributed by atoms with Crippen LogP contribution >= 0.6 is 34.4 Å². The van der Waals surface area contributed by atoms with Crippen LogP contribution in [0.2, 0.25) is 0 Å². The summed E-state index contributed by atoms with van der Waals surface area (Å²) in [5.74, 6) is 0.259. The largest absolute Gasteiger partial charge is 0.295 e. The minimum absolute atomic E-state index is 0.300. The number of nitrogens with zero attached hydrogens (tertiary/aromatic N) is 3. The minimum Gasteiger partial charge on any atom is -0.295 e. The third-order valence-corrected chi connectivity index (χ3v) is 5.47. The van der Waals surface area contributed by atoms with Gasteiger partial charge in [0.2, 0.25) is 5.13 Å². The molecule has 0 fully saturated rings. The number of anilines is 1. The minimum atomic E-state index is -0.334. The molecular formula is C14H11FN4OS3. The lowest BCUT2D eigenvalue weighted by molar-refractivity contribution is 0.102. The third kappa shape index (κ3) is 3.92. The fourth-order valence-corrected chi connectivity index (χ4v) is 4.16. The normalized spacial score (nSPS) is 10.7. The van der Waals surface area contributed by atoms with Gasteiger partial charge in [-0.1, -0.05) is 30.0 Å². The molecule has 0 aliphatic carbocycles. The predicted octanol–water partition coefficient (Wildman–Crippen LogP) is 4.17. The highest BCUT2D eigenvalue weighted by Crippen LogP contribution is 2.27. The van der Waals surface area contributed by atoms with Crippen LogP contribution in [0.1, 0.15) is 17.4 Å². The molecule has 2 heterocycles. The van der Waals surface area contributed by atoms with E-state index in [2.05, 4.69) is 20.5 Å². The van der Waals surface area contributed by atoms with E-state index in [0.29, 0.717) is 15.8 Å². The number of thiazole rings is 1. The molecule has 9 heteroatoms. The Morgan fingerprint density at radius 1 is 1.30 bits per heavy atom. The molecule has 118 valence electrons. The lowest BCUT2D eigenvalue weighted by Gasteiger charge is -1.97. The Labute approximate surface area is 144 Å². The van der Waals surface area contributed by atoms with Crippen molar-refractivity contribution in [2.75, 3.05) is 11.1 Å². The number of thioether (sulfide) groups is 1. The maximum absolute atomic E-state index is 12.9. The number of carbonyl (C=O) groups excluding carboxylic acids is 1. The van der Waals surface area contributed by atoms with Gasteiger partial charge in [0, 0.05) is 10.9 Å². The Morgan fingerprint density at radius 3 is 2.83 bits per heavy atom. The standard InChI is InChI=1S/C14H11FN4OS3/c1-2-21-14-19-18-13(23-14)17-11(20)10-7-22-12(16-10)8-3-5-9(15)6-4-8/h3-7H,2H2,1H3,(H,17,18,20). The van der Waals surface area contributed by atoms with Crippen molar-refractivity contribution in [2.45, 2.75) is 11.3 Å². The third-order valence-electron chi connectivity index (χ3n) is 2.72. The molecule has 0 spiro atoms. The first-order chi connectivity index (χ1) is 11.2. The van der Waals surface area contributed by atoms with Gasteiger partial charge in [-0.25, -0.2) is 9.37 Å². The zero-order valence-corrected chi connectivity index (χ0v) is 14.4. The summed E-state index contributed by atoms with van der Waals surface area (Å²) in [7, 11) is 0. The highest BCUT2D eigenvalue weighted by atomic mass is 32.2. The van der Waals surface area contributed by atoms with Crippen molar-refractivity contribution in [3.05, 3.63) is 41.2 Å². The summed E-state index contributed by atoms with van der Waals surface area (Å²) < 4.78 is 13.8. The predicted molar refractivity (Wildman–Crippen MR) is 91.8 cm³/mol. The van der Waals surface area contributed by atoms with E-state index in [9.17, 15) is 9.18 Å². The van der Waals surface area contributed by atoms with Gasteiger partial charge < -0.3 is 0 Å². The van der Waals surface area contributed by atoms with E-state index in [4.69, 9.17) is 0 Å². The van der Waals surface area contributed by atoms with Crippen LogP contribution in [0.5, 0.6) is 0 Å². The van der Waals surface area contributed by atoms with Gasteiger partial charge >= 0.3 is 0 Å². The molecule has 23 heavy (non-hydrogen) atoms. The number of amides is 1. The second kappa shape index (κ2) is 7.16. The van der Waals surface area contributed by atoms with Gasteiger partial charge in [-0.3, -0.25) is 10.1 Å². The zero-order valence-electron chi connectivity index (χ0n) is 11.9. The number of benzene rings is 1. The Kier molecular flexibility index (Phi) is 4.99. The first kappa shape index (κ1) is 16.0. The molecular weight excluding hydrogens is 355 g/mol. The van der Waals surface area contributed by atoms with Gasteiger partial charge in [0.25, 0.3) is 5.91 Å². The summed E-state index contributed by atoms with van der Waals surface area (Å²) in [5, 5.41) is 13.4. The second-order valence-corrected chi connectivity index (χ2v) is 7.65. The number of hydrogen-bond acceptors (Lipinski definition) is 7. The Morgan fingerprint density at radius 2 is 2.09 bits per heavy atom. The summed E-state index contributed by atoms with van der Waals surface area (Å²) in [6.07, 6.45) is 0. The molecule has 0 unspecified atom stereocenters. The molecule has 1 aromatic carbocycles. The average molecular weight is 366 g/mol. The quantitative estimate of drug-likeness (QED) is 0.542. The van der Waals surface area contributed by atoms with Crippen molar-refractivity contribution in [3.63, 3.8) is 0 Å². The number of nitrogens with one attached hydrogen (secondary N) is 1. The zero-order chi connectivity index (χ0) is 16.2. The fraction of sp³-hybridized carbons (Fsp3) is 0.143. The monoisotopic (exact) mass is 366 g/mol. The maximum atomic E-state index is 12.9. The SMILES string of the molecule is CCSc1nnc(NC(=O)c2csc(-c3ccc(F)cc3)n2)s1.